The normalized spacial score (nSPS) is 19.4. The van der Waals surface area contributed by atoms with Crippen LogP contribution < -0.4 is 5.32 Å². The van der Waals surface area contributed by atoms with Crippen LogP contribution in [0, 0.1) is 0 Å². The number of nitrogens with one attached hydrogen (secondary N) is 1. The first-order valence-electron chi connectivity index (χ1n) is 4.92. The third kappa shape index (κ3) is 4.91. The number of nitrogens with zero attached hydrogens (tertiary/aromatic N) is 1. The number of carbonyl (C=O) groups excluding carboxylic acids is 1. The highest BCUT2D eigenvalue weighted by Crippen LogP contribution is 2.11. The summed E-state index contributed by atoms with van der Waals surface area (Å²) in [6, 6.07) is 0.0359. The molecule has 1 aliphatic heterocycles. The zero-order valence-electron chi connectivity index (χ0n) is 9.07. The standard InChI is InChI=1S/C10H18N2OS.ClH/c1-3-4-5-6-12(2)10(13)9-7-14-8-11-9;/h3,9,11H,1,4-8H2,2H3;1H. The molecule has 1 amide bonds. The molecule has 0 aromatic rings. The molecule has 1 N–H and O–H groups in total. The van der Waals surface area contributed by atoms with Crippen molar-refractivity contribution in [1.82, 2.24) is 10.2 Å². The molecule has 1 heterocycles. The van der Waals surface area contributed by atoms with Gasteiger partial charge in [0.1, 0.15) is 0 Å². The highest BCUT2D eigenvalue weighted by molar-refractivity contribution is 7.99. The molecule has 88 valence electrons. The monoisotopic (exact) mass is 250 g/mol. The average Bonchev–Trinajstić information content (AvgIpc) is 2.69. The Balaban J connectivity index is 0.00000196. The van der Waals surface area contributed by atoms with Gasteiger partial charge in [0.15, 0.2) is 0 Å². The van der Waals surface area contributed by atoms with Crippen molar-refractivity contribution >= 4 is 30.1 Å². The summed E-state index contributed by atoms with van der Waals surface area (Å²) in [5.74, 6) is 2.03. The summed E-state index contributed by atoms with van der Waals surface area (Å²) in [5, 5.41) is 3.18. The van der Waals surface area contributed by atoms with Gasteiger partial charge in [0, 0.05) is 25.2 Å². The molecule has 1 atom stereocenters. The fourth-order valence-electron chi connectivity index (χ4n) is 1.40. The molecule has 1 unspecified atom stereocenters. The zero-order valence-corrected chi connectivity index (χ0v) is 10.7. The fourth-order valence-corrected chi connectivity index (χ4v) is 2.34. The Morgan fingerprint density at radius 1 is 1.73 bits per heavy atom. The van der Waals surface area contributed by atoms with Crippen LogP contribution in [0.1, 0.15) is 12.8 Å². The van der Waals surface area contributed by atoms with Crippen LogP contribution in [-0.2, 0) is 4.79 Å². The molecular weight excluding hydrogens is 232 g/mol. The highest BCUT2D eigenvalue weighted by atomic mass is 35.5. The van der Waals surface area contributed by atoms with Gasteiger partial charge in [0.05, 0.1) is 6.04 Å². The minimum absolute atomic E-state index is 0. The lowest BCUT2D eigenvalue weighted by Crippen LogP contribution is -2.43. The first kappa shape index (κ1) is 14.8. The highest BCUT2D eigenvalue weighted by Gasteiger charge is 2.24. The van der Waals surface area contributed by atoms with E-state index in [9.17, 15) is 4.79 Å². The molecule has 3 nitrogen and oxygen atoms in total. The van der Waals surface area contributed by atoms with E-state index < -0.39 is 0 Å². The van der Waals surface area contributed by atoms with Crippen LogP contribution in [0.15, 0.2) is 12.7 Å². The summed E-state index contributed by atoms with van der Waals surface area (Å²) in [6.07, 6.45) is 3.87. The van der Waals surface area contributed by atoms with Crippen molar-refractivity contribution in [2.75, 3.05) is 25.2 Å². The molecule has 0 saturated carbocycles. The minimum atomic E-state index is 0. The van der Waals surface area contributed by atoms with E-state index in [1.807, 2.05) is 18.0 Å². The van der Waals surface area contributed by atoms with E-state index in [1.165, 1.54) is 0 Å². The molecule has 1 aliphatic rings. The van der Waals surface area contributed by atoms with Crippen molar-refractivity contribution in [1.29, 1.82) is 0 Å². The lowest BCUT2D eigenvalue weighted by atomic mass is 10.2. The van der Waals surface area contributed by atoms with E-state index in [1.54, 1.807) is 11.8 Å². The van der Waals surface area contributed by atoms with E-state index >= 15 is 0 Å². The molecule has 0 aromatic carbocycles. The summed E-state index contributed by atoms with van der Waals surface area (Å²) in [6.45, 7) is 4.49. The van der Waals surface area contributed by atoms with Crippen LogP contribution in [0.2, 0.25) is 0 Å². The molecule has 5 heteroatoms. The van der Waals surface area contributed by atoms with Gasteiger partial charge < -0.3 is 4.90 Å². The smallest absolute Gasteiger partial charge is 0.240 e. The Bertz CT molecular complexity index is 208. The molecule has 0 radical (unpaired) electrons. The number of carbonyl (C=O) groups is 1. The first-order chi connectivity index (χ1) is 6.75. The summed E-state index contributed by atoms with van der Waals surface area (Å²) >= 11 is 1.78. The van der Waals surface area contributed by atoms with Gasteiger partial charge in [-0.1, -0.05) is 6.08 Å². The lowest BCUT2D eigenvalue weighted by Gasteiger charge is -2.20. The maximum Gasteiger partial charge on any atom is 0.240 e. The number of rotatable bonds is 5. The fraction of sp³-hybridized carbons (Fsp3) is 0.700. The van der Waals surface area contributed by atoms with Crippen molar-refractivity contribution < 1.29 is 4.79 Å². The molecule has 1 saturated heterocycles. The minimum Gasteiger partial charge on any atom is -0.344 e. The van der Waals surface area contributed by atoms with Crippen molar-refractivity contribution in [2.45, 2.75) is 18.9 Å². The van der Waals surface area contributed by atoms with Crippen molar-refractivity contribution in [3.8, 4) is 0 Å². The van der Waals surface area contributed by atoms with Gasteiger partial charge in [-0.15, -0.1) is 30.7 Å². The maximum absolute atomic E-state index is 11.8. The van der Waals surface area contributed by atoms with Gasteiger partial charge in [0.2, 0.25) is 5.91 Å². The molecule has 0 spiro atoms. The third-order valence-electron chi connectivity index (χ3n) is 2.29. The van der Waals surface area contributed by atoms with Gasteiger partial charge in [-0.05, 0) is 12.8 Å². The van der Waals surface area contributed by atoms with Gasteiger partial charge >= 0.3 is 0 Å². The molecule has 1 fully saturated rings. The lowest BCUT2D eigenvalue weighted by molar-refractivity contribution is -0.131. The molecule has 1 rings (SSSR count). The number of halogens is 1. The molecule has 0 bridgehead atoms. The molecular formula is C10H19ClN2OS. The quantitative estimate of drug-likeness (QED) is 0.593. The van der Waals surface area contributed by atoms with Crippen molar-refractivity contribution in [3.05, 3.63) is 12.7 Å². The second-order valence-corrected chi connectivity index (χ2v) is 4.49. The number of likely N-dealkylation sites (N-methyl/N-ethyl adjacent to an activating group) is 1. The van der Waals surface area contributed by atoms with Gasteiger partial charge in [0.25, 0.3) is 0 Å². The Morgan fingerprint density at radius 3 is 3.00 bits per heavy atom. The van der Waals surface area contributed by atoms with Crippen LogP contribution in [0.3, 0.4) is 0 Å². The Kier molecular flexibility index (Phi) is 7.92. The largest absolute Gasteiger partial charge is 0.344 e. The summed E-state index contributed by atoms with van der Waals surface area (Å²) < 4.78 is 0. The number of hydrogen-bond donors (Lipinski definition) is 1. The Labute approximate surface area is 102 Å². The van der Waals surface area contributed by atoms with E-state index in [-0.39, 0.29) is 24.4 Å². The number of unbranched alkanes of at least 4 members (excludes halogenated alkanes) is 1. The zero-order chi connectivity index (χ0) is 10.4. The summed E-state index contributed by atoms with van der Waals surface area (Å²) in [4.78, 5) is 13.6. The van der Waals surface area contributed by atoms with Gasteiger partial charge in [-0.25, -0.2) is 0 Å². The third-order valence-corrected chi connectivity index (χ3v) is 3.23. The summed E-state index contributed by atoms with van der Waals surface area (Å²) in [5.41, 5.74) is 0. The van der Waals surface area contributed by atoms with Crippen LogP contribution in [-0.4, -0.2) is 42.1 Å². The van der Waals surface area contributed by atoms with Crippen LogP contribution >= 0.6 is 24.2 Å². The van der Waals surface area contributed by atoms with E-state index in [0.29, 0.717) is 0 Å². The van der Waals surface area contributed by atoms with Crippen LogP contribution in [0.5, 0.6) is 0 Å². The topological polar surface area (TPSA) is 32.3 Å². The average molecular weight is 251 g/mol. The van der Waals surface area contributed by atoms with E-state index in [4.69, 9.17) is 0 Å². The van der Waals surface area contributed by atoms with Gasteiger partial charge in [-0.2, -0.15) is 0 Å². The maximum atomic E-state index is 11.8. The predicted molar refractivity (Wildman–Crippen MR) is 68.6 cm³/mol. The first-order valence-corrected chi connectivity index (χ1v) is 6.08. The SMILES string of the molecule is C=CCCCN(C)C(=O)C1CSCN1.Cl. The van der Waals surface area contributed by atoms with Crippen LogP contribution in [0.4, 0.5) is 0 Å². The number of thioether (sulfide) groups is 1. The second-order valence-electron chi connectivity index (χ2n) is 3.46. The number of hydrogen-bond acceptors (Lipinski definition) is 3. The Hall–Kier alpha value is -0.190. The predicted octanol–water partition coefficient (Wildman–Crippen LogP) is 1.50. The van der Waals surface area contributed by atoms with E-state index in [0.717, 1.165) is 31.0 Å². The Morgan fingerprint density at radius 2 is 2.47 bits per heavy atom. The number of amides is 1. The molecule has 15 heavy (non-hydrogen) atoms. The van der Waals surface area contributed by atoms with Crippen molar-refractivity contribution in [3.63, 3.8) is 0 Å². The molecule has 0 aliphatic carbocycles. The molecule has 0 aromatic heterocycles. The van der Waals surface area contributed by atoms with E-state index in [2.05, 4.69) is 11.9 Å². The second kappa shape index (κ2) is 8.02. The summed E-state index contributed by atoms with van der Waals surface area (Å²) in [7, 11) is 1.87. The van der Waals surface area contributed by atoms with Gasteiger partial charge in [-0.3, -0.25) is 10.1 Å². The van der Waals surface area contributed by atoms with Crippen LogP contribution in [0.25, 0.3) is 0 Å². The van der Waals surface area contributed by atoms with Crippen molar-refractivity contribution in [2.24, 2.45) is 0 Å². The number of allylic oxidation sites excluding steroid dienone is 1.